The molecule has 0 aliphatic carbocycles. The molecular weight excluding hydrogens is 240 g/mol. The molecule has 2 atom stereocenters. The van der Waals surface area contributed by atoms with Crippen molar-refractivity contribution >= 4 is 15.8 Å². The second-order valence-electron chi connectivity index (χ2n) is 5.52. The Labute approximate surface area is 105 Å². The third kappa shape index (κ3) is 6.05. The van der Waals surface area contributed by atoms with E-state index in [9.17, 15) is 13.2 Å². The average Bonchev–Trinajstić information content (AvgIpc) is 2.13. The van der Waals surface area contributed by atoms with Gasteiger partial charge in [0.25, 0.3) is 0 Å². The second-order valence-corrected chi connectivity index (χ2v) is 7.88. The zero-order chi connectivity index (χ0) is 13.9. The van der Waals surface area contributed by atoms with E-state index in [0.717, 1.165) is 6.42 Å². The Hall–Kier alpha value is -0.580. The second kappa shape index (κ2) is 5.85. The number of carbonyl (C=O) groups is 1. The summed E-state index contributed by atoms with van der Waals surface area (Å²) in [5.41, 5.74) is -0.656. The SMILES string of the molecule is CCC(C)CS(=O)(=O)C(C)C(=O)OC(C)(C)C. The summed E-state index contributed by atoms with van der Waals surface area (Å²) in [5.74, 6) is -0.574. The van der Waals surface area contributed by atoms with Crippen LogP contribution < -0.4 is 0 Å². The molecule has 0 rings (SSSR count). The standard InChI is InChI=1S/C12H24O4S/c1-7-9(2)8-17(14,15)10(3)11(13)16-12(4,5)6/h9-10H,7-8H2,1-6H3. The first-order valence-electron chi connectivity index (χ1n) is 5.94. The maximum absolute atomic E-state index is 11.9. The van der Waals surface area contributed by atoms with Crippen LogP contribution in [-0.4, -0.2) is 31.0 Å². The Morgan fingerprint density at radius 1 is 1.24 bits per heavy atom. The van der Waals surface area contributed by atoms with Crippen LogP contribution in [0.25, 0.3) is 0 Å². The van der Waals surface area contributed by atoms with Crippen molar-refractivity contribution < 1.29 is 17.9 Å². The van der Waals surface area contributed by atoms with Crippen LogP contribution in [0.1, 0.15) is 48.0 Å². The summed E-state index contributed by atoms with van der Waals surface area (Å²) >= 11 is 0. The summed E-state index contributed by atoms with van der Waals surface area (Å²) in [7, 11) is -3.42. The number of sulfone groups is 1. The van der Waals surface area contributed by atoms with Crippen molar-refractivity contribution in [2.24, 2.45) is 5.92 Å². The number of hydrogen-bond acceptors (Lipinski definition) is 4. The highest BCUT2D eigenvalue weighted by molar-refractivity contribution is 7.92. The highest BCUT2D eigenvalue weighted by Crippen LogP contribution is 2.15. The maximum atomic E-state index is 11.9. The van der Waals surface area contributed by atoms with Gasteiger partial charge in [-0.2, -0.15) is 0 Å². The zero-order valence-corrected chi connectivity index (χ0v) is 12.4. The average molecular weight is 264 g/mol. The van der Waals surface area contributed by atoms with E-state index in [1.54, 1.807) is 20.8 Å². The Kier molecular flexibility index (Phi) is 5.65. The number of hydrogen-bond donors (Lipinski definition) is 0. The molecule has 0 amide bonds. The number of esters is 1. The normalized spacial score (nSPS) is 16.4. The van der Waals surface area contributed by atoms with Crippen LogP contribution in [0.4, 0.5) is 0 Å². The Bertz CT molecular complexity index is 351. The van der Waals surface area contributed by atoms with Gasteiger partial charge < -0.3 is 4.74 Å². The Balaban J connectivity index is 4.69. The maximum Gasteiger partial charge on any atom is 0.324 e. The number of rotatable bonds is 5. The van der Waals surface area contributed by atoms with Crippen LogP contribution in [0.3, 0.4) is 0 Å². The number of carbonyl (C=O) groups excluding carboxylic acids is 1. The van der Waals surface area contributed by atoms with Gasteiger partial charge in [-0.05, 0) is 33.6 Å². The van der Waals surface area contributed by atoms with Crippen molar-refractivity contribution in [2.45, 2.75) is 58.8 Å². The summed E-state index contributed by atoms with van der Waals surface area (Å²) in [4.78, 5) is 11.7. The van der Waals surface area contributed by atoms with Crippen LogP contribution in [-0.2, 0) is 19.4 Å². The van der Waals surface area contributed by atoms with Crippen LogP contribution in [0, 0.1) is 5.92 Å². The molecule has 5 heteroatoms. The van der Waals surface area contributed by atoms with E-state index in [4.69, 9.17) is 4.74 Å². The third-order valence-corrected chi connectivity index (χ3v) is 4.79. The van der Waals surface area contributed by atoms with Crippen molar-refractivity contribution in [3.8, 4) is 0 Å². The van der Waals surface area contributed by atoms with Crippen LogP contribution in [0.15, 0.2) is 0 Å². The molecule has 17 heavy (non-hydrogen) atoms. The van der Waals surface area contributed by atoms with Crippen molar-refractivity contribution in [2.75, 3.05) is 5.75 Å². The molecule has 4 nitrogen and oxygen atoms in total. The van der Waals surface area contributed by atoms with Crippen molar-refractivity contribution in [3.05, 3.63) is 0 Å². The van der Waals surface area contributed by atoms with Gasteiger partial charge in [-0.25, -0.2) is 8.42 Å². The predicted octanol–water partition coefficient (Wildman–Crippen LogP) is 2.18. The topological polar surface area (TPSA) is 60.4 Å². The fraction of sp³-hybridized carbons (Fsp3) is 0.917. The van der Waals surface area contributed by atoms with Crippen LogP contribution in [0.5, 0.6) is 0 Å². The molecule has 0 spiro atoms. The van der Waals surface area contributed by atoms with E-state index < -0.39 is 26.7 Å². The first-order valence-corrected chi connectivity index (χ1v) is 7.65. The lowest BCUT2D eigenvalue weighted by Crippen LogP contribution is -2.37. The molecule has 0 saturated heterocycles. The molecule has 0 aliphatic heterocycles. The summed E-state index contributed by atoms with van der Waals surface area (Å²) < 4.78 is 28.9. The minimum Gasteiger partial charge on any atom is -0.459 e. The summed E-state index contributed by atoms with van der Waals surface area (Å²) in [6.45, 7) is 10.3. The lowest BCUT2D eigenvalue weighted by atomic mass is 10.2. The first-order chi connectivity index (χ1) is 7.49. The van der Waals surface area contributed by atoms with E-state index in [-0.39, 0.29) is 11.7 Å². The van der Waals surface area contributed by atoms with E-state index in [2.05, 4.69) is 0 Å². The minimum absolute atomic E-state index is 0.0317. The molecule has 102 valence electrons. The van der Waals surface area contributed by atoms with Gasteiger partial charge in [0.1, 0.15) is 5.60 Å². The molecule has 0 aromatic heterocycles. The smallest absolute Gasteiger partial charge is 0.324 e. The molecule has 0 aliphatic rings. The lowest BCUT2D eigenvalue weighted by Gasteiger charge is -2.22. The van der Waals surface area contributed by atoms with E-state index in [1.165, 1.54) is 6.92 Å². The molecule has 0 aromatic carbocycles. The largest absolute Gasteiger partial charge is 0.459 e. The summed E-state index contributed by atoms with van der Waals surface area (Å²) in [6, 6.07) is 0. The van der Waals surface area contributed by atoms with Gasteiger partial charge in [-0.1, -0.05) is 20.3 Å². The zero-order valence-electron chi connectivity index (χ0n) is 11.6. The van der Waals surface area contributed by atoms with Crippen molar-refractivity contribution in [1.29, 1.82) is 0 Å². The predicted molar refractivity (Wildman–Crippen MR) is 68.5 cm³/mol. The highest BCUT2D eigenvalue weighted by atomic mass is 32.2. The summed E-state index contributed by atoms with van der Waals surface area (Å²) in [5, 5.41) is -1.09. The third-order valence-electron chi connectivity index (χ3n) is 2.49. The molecule has 0 N–H and O–H groups in total. The van der Waals surface area contributed by atoms with E-state index in [1.807, 2.05) is 13.8 Å². The van der Waals surface area contributed by atoms with Gasteiger partial charge in [-0.15, -0.1) is 0 Å². The molecular formula is C12H24O4S. The molecule has 0 fully saturated rings. The van der Waals surface area contributed by atoms with Gasteiger partial charge in [0, 0.05) is 0 Å². The monoisotopic (exact) mass is 264 g/mol. The lowest BCUT2D eigenvalue weighted by molar-refractivity contribution is -0.153. The molecule has 0 aromatic rings. The number of ether oxygens (including phenoxy) is 1. The molecule has 0 heterocycles. The van der Waals surface area contributed by atoms with Gasteiger partial charge in [0.2, 0.25) is 0 Å². The summed E-state index contributed by atoms with van der Waals surface area (Å²) in [6.07, 6.45) is 0.778. The van der Waals surface area contributed by atoms with Crippen molar-refractivity contribution in [1.82, 2.24) is 0 Å². The van der Waals surface area contributed by atoms with Crippen LogP contribution in [0.2, 0.25) is 0 Å². The molecule has 0 saturated carbocycles. The molecule has 2 unspecified atom stereocenters. The van der Waals surface area contributed by atoms with Gasteiger partial charge in [0.15, 0.2) is 15.1 Å². The quantitative estimate of drug-likeness (QED) is 0.714. The van der Waals surface area contributed by atoms with Crippen LogP contribution >= 0.6 is 0 Å². The minimum atomic E-state index is -3.42. The first kappa shape index (κ1) is 16.4. The molecule has 0 bridgehead atoms. The Morgan fingerprint density at radius 3 is 2.06 bits per heavy atom. The van der Waals surface area contributed by atoms with E-state index in [0.29, 0.717) is 0 Å². The Morgan fingerprint density at radius 2 is 1.71 bits per heavy atom. The van der Waals surface area contributed by atoms with Gasteiger partial charge in [0.05, 0.1) is 5.75 Å². The fourth-order valence-corrected chi connectivity index (χ4v) is 2.85. The highest BCUT2D eigenvalue weighted by Gasteiger charge is 2.32. The van der Waals surface area contributed by atoms with Gasteiger partial charge in [-0.3, -0.25) is 4.79 Å². The van der Waals surface area contributed by atoms with Crippen molar-refractivity contribution in [3.63, 3.8) is 0 Å². The fourth-order valence-electron chi connectivity index (χ4n) is 1.19. The van der Waals surface area contributed by atoms with Gasteiger partial charge >= 0.3 is 5.97 Å². The molecule has 0 radical (unpaired) electrons. The van der Waals surface area contributed by atoms with E-state index >= 15 is 0 Å².